The summed E-state index contributed by atoms with van der Waals surface area (Å²) in [7, 11) is -3.66. The van der Waals surface area contributed by atoms with Crippen molar-refractivity contribution >= 4 is 128 Å². The fraction of sp³-hybridized carbons (Fsp3) is 0.321. The summed E-state index contributed by atoms with van der Waals surface area (Å²) >= 11 is 8.82. The molecule has 0 saturated heterocycles. The zero-order valence-corrected chi connectivity index (χ0v) is 52.8. The standard InChI is InChI=1S/C16H19N5O3S2.C12H12N4OS.C10H8N4OS.C8H7NO.C4H9N.C3H3BrN2S.ClH/c1-4-20-12-6-5-11(26(23,24)19-16(3)7-8-16)9-13(12)21(15(20)22)14-18-17-10(2)25-14;1-3-15-9-6-4-5-7-10(9)16(12(15)17)11-14-13-8(2)18-11;1-6-12-13-10(16-6)14-8-5-3-2-4-7(8)11-9(14)15;10-8-5-6-3-1-2-4-7(6)9-8;1-4(5)2-3-4;1-2-5-6-3(4)7-2;/h5-6,9,19H,4,7-8H2,1-3H3;4-7H,3H2,1-2H3;2-5H,1H3,(H,11,15);1-4H,5H2,(H,9,10);2-3,5H2,1H3;1H3;1H. The number of hydrogen-bond donors (Lipinski definition) is 4. The number of halogens is 2. The van der Waals surface area contributed by atoms with Crippen molar-refractivity contribution in [2.24, 2.45) is 5.73 Å². The van der Waals surface area contributed by atoms with Gasteiger partial charge in [-0.05, 0) is 151 Å². The number of fused-ring (bicyclic) bond motifs is 4. The number of sulfonamides is 1. The molecule has 2 fully saturated rings. The van der Waals surface area contributed by atoms with Crippen LogP contribution in [0.2, 0.25) is 0 Å². The van der Waals surface area contributed by atoms with E-state index in [0.29, 0.717) is 45.9 Å². The van der Waals surface area contributed by atoms with Gasteiger partial charge in [0.2, 0.25) is 31.3 Å². The van der Waals surface area contributed by atoms with E-state index in [4.69, 9.17) is 5.73 Å². The number of aryl methyl sites for hydroxylation is 6. The summed E-state index contributed by atoms with van der Waals surface area (Å²) in [6.07, 6.45) is 4.65. The van der Waals surface area contributed by atoms with Gasteiger partial charge in [0.15, 0.2) is 3.92 Å². The number of nitrogens with zero attached hydrogens (tertiary/aromatic N) is 13. The monoisotopic (exact) mass is 1300 g/mol. The van der Waals surface area contributed by atoms with Crippen LogP contribution in [0.1, 0.15) is 79.0 Å². The van der Waals surface area contributed by atoms with Crippen molar-refractivity contribution < 1.29 is 13.2 Å². The largest absolute Gasteiger partial charge is 0.335 e. The summed E-state index contributed by atoms with van der Waals surface area (Å²) in [5.74, 6) is 0.0983. The normalized spacial score (nSPS) is 14.0. The van der Waals surface area contributed by atoms with E-state index in [-0.39, 0.29) is 51.4 Å². The highest BCUT2D eigenvalue weighted by atomic mass is 79.9. The fourth-order valence-corrected chi connectivity index (χ4v) is 13.0. The second kappa shape index (κ2) is 25.9. The van der Waals surface area contributed by atoms with Crippen LogP contribution in [-0.2, 0) is 34.3 Å². The minimum absolute atomic E-state index is 0. The number of anilines is 1. The summed E-state index contributed by atoms with van der Waals surface area (Å²) < 4.78 is 37.0. The second-order valence-electron chi connectivity index (χ2n) is 19.7. The molecule has 5 N–H and O–H groups in total. The Labute approximate surface area is 506 Å². The maximum atomic E-state index is 12.8. The van der Waals surface area contributed by atoms with Crippen molar-refractivity contribution in [1.82, 2.24) is 73.3 Å². The molecule has 0 spiro atoms. The number of H-pyrrole nitrogens is 1. The van der Waals surface area contributed by atoms with E-state index in [1.807, 2.05) is 114 Å². The van der Waals surface area contributed by atoms with Crippen LogP contribution in [0.25, 0.3) is 48.5 Å². The van der Waals surface area contributed by atoms with Crippen LogP contribution in [0.4, 0.5) is 5.69 Å². The van der Waals surface area contributed by atoms with E-state index in [9.17, 15) is 27.6 Å². The lowest BCUT2D eigenvalue weighted by molar-refractivity contribution is -0.115. The molecular formula is C53H59BrClN17O6S5. The molecule has 2 saturated carbocycles. The number of imidazole rings is 3. The number of nitrogens with one attached hydrogen (secondary N) is 3. The highest BCUT2D eigenvalue weighted by Gasteiger charge is 2.41. The first-order valence-electron chi connectivity index (χ1n) is 25.8. The molecule has 23 nitrogen and oxygen atoms in total. The number of nitrogens with two attached hydrogens (primary N) is 1. The van der Waals surface area contributed by atoms with Crippen molar-refractivity contribution in [3.05, 3.63) is 152 Å². The SMILES string of the molecule is CC1(N)CC1.CCn1c(=O)n(-c2nnc(C)s2)c2cc(S(=O)(=O)NC3(C)CC3)ccc21.CCn1c(=O)n(-c2nnc(C)s2)c2ccccc21.Cc1nnc(-n2c(=O)[nH]c3ccccc32)s1.Cc1nnc(Br)s1.Cl.O=C1Cc2ccccc2N1. The minimum Gasteiger partial charge on any atom is -0.326 e. The predicted molar refractivity (Wildman–Crippen MR) is 333 cm³/mol. The number of carbonyl (C=O) groups is 1. The van der Waals surface area contributed by atoms with Crippen LogP contribution >= 0.6 is 73.7 Å². The van der Waals surface area contributed by atoms with E-state index in [0.717, 1.165) is 70.1 Å². The van der Waals surface area contributed by atoms with Crippen LogP contribution in [0.15, 0.2) is 114 Å². The molecule has 0 atom stereocenters. The maximum absolute atomic E-state index is 12.8. The molecule has 1 aliphatic heterocycles. The molecule has 7 aromatic heterocycles. The number of hydrogen-bond acceptors (Lipinski definition) is 19. The second-order valence-corrected chi connectivity index (χ2v) is 27.4. The smallest absolute Gasteiger partial charge is 0.326 e. The topological polar surface area (TPSA) is 296 Å². The number of carbonyl (C=O) groups excluding carboxylic acids is 1. The van der Waals surface area contributed by atoms with Gasteiger partial charge < -0.3 is 16.0 Å². The van der Waals surface area contributed by atoms with E-state index >= 15 is 0 Å². The molecule has 3 aliphatic rings. The van der Waals surface area contributed by atoms with Crippen molar-refractivity contribution in [3.63, 3.8) is 0 Å². The Morgan fingerprint density at radius 1 is 0.602 bits per heavy atom. The molecule has 14 rings (SSSR count). The van der Waals surface area contributed by atoms with Crippen LogP contribution in [0.3, 0.4) is 0 Å². The van der Waals surface area contributed by atoms with Gasteiger partial charge >= 0.3 is 17.1 Å². The predicted octanol–water partition coefficient (Wildman–Crippen LogP) is 8.96. The van der Waals surface area contributed by atoms with E-state index < -0.39 is 10.0 Å². The number of aromatic nitrogens is 14. The highest BCUT2D eigenvalue weighted by molar-refractivity contribution is 9.11. The van der Waals surface area contributed by atoms with Crippen molar-refractivity contribution in [3.8, 4) is 15.4 Å². The summed E-state index contributed by atoms with van der Waals surface area (Å²) in [6.45, 7) is 16.4. The Bertz CT molecular complexity index is 4360. The quantitative estimate of drug-likeness (QED) is 0.110. The molecular weight excluding hydrogens is 1250 g/mol. The highest BCUT2D eigenvalue weighted by Crippen LogP contribution is 2.36. The van der Waals surface area contributed by atoms with Gasteiger partial charge in [-0.3, -0.25) is 13.9 Å². The third-order valence-electron chi connectivity index (χ3n) is 13.0. The first-order valence-corrected chi connectivity index (χ1v) is 31.3. The first kappa shape index (κ1) is 62.1. The van der Waals surface area contributed by atoms with E-state index in [1.165, 1.54) is 74.9 Å². The summed E-state index contributed by atoms with van der Waals surface area (Å²) in [5, 5.41) is 39.2. The van der Waals surface area contributed by atoms with Gasteiger partial charge in [-0.15, -0.1) is 53.2 Å². The van der Waals surface area contributed by atoms with Crippen LogP contribution in [-0.4, -0.2) is 94.0 Å². The zero-order chi connectivity index (χ0) is 58.7. The average molecular weight is 1310 g/mol. The van der Waals surface area contributed by atoms with Crippen molar-refractivity contribution in [2.45, 2.75) is 117 Å². The lowest BCUT2D eigenvalue weighted by atomic mass is 10.2. The molecule has 11 aromatic rings. The number of para-hydroxylation sites is 5. The van der Waals surface area contributed by atoms with Gasteiger partial charge in [-0.2, -0.15) is 0 Å². The Morgan fingerprint density at radius 3 is 1.54 bits per heavy atom. The molecule has 8 heterocycles. The third-order valence-corrected chi connectivity index (χ3v) is 18.3. The Morgan fingerprint density at radius 2 is 1.07 bits per heavy atom. The number of benzene rings is 4. The summed E-state index contributed by atoms with van der Waals surface area (Å²) in [5.41, 5.74) is 11.5. The van der Waals surface area contributed by atoms with Crippen molar-refractivity contribution in [2.75, 3.05) is 5.32 Å². The van der Waals surface area contributed by atoms with Gasteiger partial charge in [0.25, 0.3) is 0 Å². The lowest BCUT2D eigenvalue weighted by Crippen LogP contribution is -2.34. The Balaban J connectivity index is 0.000000139. The van der Waals surface area contributed by atoms with Gasteiger partial charge in [-0.1, -0.05) is 87.8 Å². The molecule has 1 amide bonds. The minimum atomic E-state index is -3.66. The van der Waals surface area contributed by atoms with Crippen LogP contribution in [0, 0.1) is 27.7 Å². The number of rotatable bonds is 8. The van der Waals surface area contributed by atoms with Gasteiger partial charge in [-0.25, -0.2) is 41.2 Å². The van der Waals surface area contributed by atoms with Crippen LogP contribution < -0.4 is 32.8 Å². The van der Waals surface area contributed by atoms with Gasteiger partial charge in [0.1, 0.15) is 20.0 Å². The summed E-state index contributed by atoms with van der Waals surface area (Å²) in [6, 6.07) is 27.7. The van der Waals surface area contributed by atoms with Crippen molar-refractivity contribution in [1.29, 1.82) is 0 Å². The maximum Gasteiger partial charge on any atom is 0.335 e. The molecule has 0 bridgehead atoms. The molecule has 0 radical (unpaired) electrons. The van der Waals surface area contributed by atoms with Gasteiger partial charge in [0, 0.05) is 29.9 Å². The molecule has 0 unspecified atom stereocenters. The molecule has 4 aromatic carbocycles. The molecule has 30 heteroatoms. The van der Waals surface area contributed by atoms with E-state index in [1.54, 1.807) is 31.3 Å². The first-order chi connectivity index (χ1) is 39.1. The third kappa shape index (κ3) is 14.7. The van der Waals surface area contributed by atoms with Crippen LogP contribution in [0.5, 0.6) is 0 Å². The summed E-state index contributed by atoms with van der Waals surface area (Å²) in [4.78, 5) is 50.7. The Hall–Kier alpha value is -6.96. The number of aromatic amines is 1. The number of amides is 1. The zero-order valence-electron chi connectivity index (χ0n) is 46.3. The molecule has 2 aliphatic carbocycles. The molecule has 436 valence electrons. The Kier molecular flexibility index (Phi) is 19.4. The molecule has 83 heavy (non-hydrogen) atoms. The lowest BCUT2D eigenvalue weighted by Gasteiger charge is -2.12. The fourth-order valence-electron chi connectivity index (χ4n) is 8.27. The van der Waals surface area contributed by atoms with Gasteiger partial charge in [0.05, 0.1) is 44.4 Å². The average Bonchev–Trinajstić information content (AvgIpc) is 2.38. The van der Waals surface area contributed by atoms with E-state index in [2.05, 4.69) is 78.7 Å².